The minimum absolute atomic E-state index is 0.00675. The van der Waals surface area contributed by atoms with Gasteiger partial charge in [-0.2, -0.15) is 4.51 Å². The summed E-state index contributed by atoms with van der Waals surface area (Å²) >= 11 is 0. The van der Waals surface area contributed by atoms with E-state index < -0.39 is 6.10 Å². The molecule has 4 N–H and O–H groups in total. The maximum atomic E-state index is 9.17. The highest BCUT2D eigenvalue weighted by atomic mass is 31.1. The number of aliphatic hydroxyl groups is 2. The Morgan fingerprint density at radius 1 is 0.742 bits per heavy atom. The second-order valence-corrected chi connectivity index (χ2v) is 10.8. The standard InChI is InChI=1S/C18H38O7.H4N3P3/c1-13(20)8-21-15(3)10-23-17(5)12-25-18(6)11-24-16(4)9-22-14(2)7-19;1-4-2-6-3-5-1/h13-20H,7-12H2,1-6H3;1,4-5H,(H,2,3). The topological polar surface area (TPSA) is 131 Å². The van der Waals surface area contributed by atoms with Crippen LogP contribution in [0.25, 0.3) is 0 Å². The van der Waals surface area contributed by atoms with E-state index in [1.807, 2.05) is 34.6 Å². The van der Waals surface area contributed by atoms with Crippen LogP contribution in [0.3, 0.4) is 0 Å². The molecular weight excluding hydrogens is 463 g/mol. The molecule has 0 saturated heterocycles. The molecule has 0 spiro atoms. The van der Waals surface area contributed by atoms with E-state index in [1.165, 1.54) is 0 Å². The van der Waals surface area contributed by atoms with Crippen molar-refractivity contribution in [3.8, 4) is 0 Å². The SMILES string of the molecule is CC(O)COC(C)COC(C)COC(C)COC(C)COC(C)CO.n1p[nH][pH][nH][pH]1. The van der Waals surface area contributed by atoms with E-state index in [2.05, 4.69) is 13.5 Å². The summed E-state index contributed by atoms with van der Waals surface area (Å²) < 4.78 is 37.9. The van der Waals surface area contributed by atoms with Crippen molar-refractivity contribution in [2.75, 3.05) is 39.6 Å². The number of aromatic amines is 2. The maximum absolute atomic E-state index is 9.17. The van der Waals surface area contributed by atoms with Gasteiger partial charge in [-0.3, -0.25) is 0 Å². The molecule has 0 amide bonds. The molecular formula is C18H42N3O7P3. The van der Waals surface area contributed by atoms with Crippen molar-refractivity contribution in [2.24, 2.45) is 0 Å². The van der Waals surface area contributed by atoms with Gasteiger partial charge in [0, 0.05) is 17.0 Å². The van der Waals surface area contributed by atoms with Crippen molar-refractivity contribution in [1.82, 2.24) is 13.5 Å². The average Bonchev–Trinajstić information content (AvgIpc) is 2.78. The third kappa shape index (κ3) is 21.6. The Balaban J connectivity index is 0.00000127. The van der Waals surface area contributed by atoms with Gasteiger partial charge in [0.1, 0.15) is 8.51 Å². The molecule has 0 bridgehead atoms. The van der Waals surface area contributed by atoms with Crippen molar-refractivity contribution in [3.05, 3.63) is 0 Å². The second-order valence-electron chi connectivity index (χ2n) is 7.42. The Morgan fingerprint density at radius 2 is 1.16 bits per heavy atom. The number of hydrogen-bond donors (Lipinski definition) is 4. The molecule has 1 aromatic rings. The number of hydrogen-bond acceptors (Lipinski definition) is 8. The van der Waals surface area contributed by atoms with Gasteiger partial charge in [0.25, 0.3) is 0 Å². The van der Waals surface area contributed by atoms with Gasteiger partial charge < -0.3 is 42.9 Å². The van der Waals surface area contributed by atoms with Crippen LogP contribution in [0, 0.1) is 0 Å². The first-order valence-electron chi connectivity index (χ1n) is 10.5. The van der Waals surface area contributed by atoms with Crippen LogP contribution in [0.4, 0.5) is 0 Å². The number of nitrogens with one attached hydrogen (secondary N) is 2. The smallest absolute Gasteiger partial charge is 0.138 e. The van der Waals surface area contributed by atoms with E-state index >= 15 is 0 Å². The van der Waals surface area contributed by atoms with E-state index in [-0.39, 0.29) is 37.1 Å². The largest absolute Gasteiger partial charge is 0.394 e. The Morgan fingerprint density at radius 3 is 1.42 bits per heavy atom. The highest BCUT2D eigenvalue weighted by Gasteiger charge is 2.12. The van der Waals surface area contributed by atoms with Crippen molar-refractivity contribution in [3.63, 3.8) is 0 Å². The zero-order valence-electron chi connectivity index (χ0n) is 19.5. The molecule has 0 aliphatic heterocycles. The second kappa shape index (κ2) is 20.6. The van der Waals surface area contributed by atoms with Crippen LogP contribution in [-0.4, -0.2) is 100 Å². The molecule has 10 nitrogen and oxygen atoms in total. The Hall–Kier alpha value is 0.0200. The van der Waals surface area contributed by atoms with Gasteiger partial charge in [-0.15, -0.1) is 0 Å². The molecule has 13 heteroatoms. The zero-order chi connectivity index (χ0) is 23.5. The van der Waals surface area contributed by atoms with Crippen molar-refractivity contribution in [2.45, 2.75) is 78.2 Å². The maximum Gasteiger partial charge on any atom is 0.138 e. The first-order valence-corrected chi connectivity index (χ1v) is 13.3. The molecule has 1 aromatic heterocycles. The Labute approximate surface area is 191 Å². The van der Waals surface area contributed by atoms with Gasteiger partial charge in [-0.25, -0.2) is 0 Å². The molecule has 1 rings (SSSR count). The summed E-state index contributed by atoms with van der Waals surface area (Å²) in [5.41, 5.74) is 0. The lowest BCUT2D eigenvalue weighted by atomic mass is 10.3. The summed E-state index contributed by atoms with van der Waals surface area (Å²) in [5.74, 6) is 0. The van der Waals surface area contributed by atoms with E-state index in [0.717, 1.165) is 8.51 Å². The van der Waals surface area contributed by atoms with Gasteiger partial charge in [0.2, 0.25) is 0 Å². The van der Waals surface area contributed by atoms with Crippen molar-refractivity contribution >= 4 is 25.5 Å². The summed E-state index contributed by atoms with van der Waals surface area (Å²) in [6.07, 6.45) is -0.868. The van der Waals surface area contributed by atoms with Crippen LogP contribution in [0.15, 0.2) is 0 Å². The molecule has 0 aliphatic rings. The van der Waals surface area contributed by atoms with E-state index in [0.29, 0.717) is 50.1 Å². The summed E-state index contributed by atoms with van der Waals surface area (Å²) in [7, 11) is 2.36. The molecule has 0 fully saturated rings. The fraction of sp³-hybridized carbons (Fsp3) is 1.00. The van der Waals surface area contributed by atoms with Gasteiger partial charge in [0.05, 0.1) is 76.3 Å². The third-order valence-electron chi connectivity index (χ3n) is 3.67. The first-order chi connectivity index (χ1) is 14.7. The minimum Gasteiger partial charge on any atom is -0.394 e. The quantitative estimate of drug-likeness (QED) is 0.270. The molecule has 0 aromatic carbocycles. The van der Waals surface area contributed by atoms with Gasteiger partial charge in [-0.1, -0.05) is 0 Å². The normalized spacial score (nSPS) is 17.8. The zero-order valence-corrected chi connectivity index (χ0v) is 22.4. The van der Waals surface area contributed by atoms with Gasteiger partial charge in [0.15, 0.2) is 0 Å². The van der Waals surface area contributed by atoms with Crippen LogP contribution in [0.1, 0.15) is 41.5 Å². The van der Waals surface area contributed by atoms with Crippen molar-refractivity contribution in [1.29, 1.82) is 0 Å². The van der Waals surface area contributed by atoms with E-state index in [1.54, 1.807) is 6.92 Å². The highest BCUT2D eigenvalue weighted by molar-refractivity contribution is 7.43. The Kier molecular flexibility index (Phi) is 20.6. The predicted molar refractivity (Wildman–Crippen MR) is 128 cm³/mol. The molecule has 1 heterocycles. The predicted octanol–water partition coefficient (Wildman–Crippen LogP) is 2.89. The summed E-state index contributed by atoms with van der Waals surface area (Å²) in [6.45, 7) is 13.4. The molecule has 186 valence electrons. The lowest BCUT2D eigenvalue weighted by Gasteiger charge is -2.22. The molecule has 0 saturated carbocycles. The summed E-state index contributed by atoms with van der Waals surface area (Å²) in [4.78, 5) is 0. The molecule has 8 unspecified atom stereocenters. The number of aliphatic hydroxyl groups excluding tert-OH is 2. The monoisotopic (exact) mass is 505 g/mol. The van der Waals surface area contributed by atoms with E-state index in [4.69, 9.17) is 28.8 Å². The molecule has 0 radical (unpaired) electrons. The molecule has 8 atom stereocenters. The average molecular weight is 505 g/mol. The molecule has 0 aliphatic carbocycles. The highest BCUT2D eigenvalue weighted by Crippen LogP contribution is 2.03. The molecule has 31 heavy (non-hydrogen) atoms. The summed E-state index contributed by atoms with van der Waals surface area (Å²) in [6, 6.07) is 0. The Bertz CT molecular complexity index is 485. The fourth-order valence-electron chi connectivity index (χ4n) is 1.90. The van der Waals surface area contributed by atoms with Gasteiger partial charge >= 0.3 is 0 Å². The number of ether oxygens (including phenoxy) is 5. The minimum atomic E-state index is -0.469. The van der Waals surface area contributed by atoms with Crippen LogP contribution >= 0.6 is 25.5 Å². The number of nitrogens with zero attached hydrogens (tertiary/aromatic N) is 1. The van der Waals surface area contributed by atoms with E-state index in [9.17, 15) is 5.11 Å². The third-order valence-corrected chi connectivity index (χ3v) is 6.26. The van der Waals surface area contributed by atoms with Crippen LogP contribution < -0.4 is 0 Å². The van der Waals surface area contributed by atoms with Crippen LogP contribution in [-0.2, 0) is 23.7 Å². The first kappa shape index (κ1) is 31.0. The fourth-order valence-corrected chi connectivity index (χ4v) is 4.55. The van der Waals surface area contributed by atoms with Crippen molar-refractivity contribution < 1.29 is 33.9 Å². The van der Waals surface area contributed by atoms with Gasteiger partial charge in [-0.05, 0) is 41.5 Å². The lowest BCUT2D eigenvalue weighted by molar-refractivity contribution is -0.100. The van der Waals surface area contributed by atoms with Crippen LogP contribution in [0.5, 0.6) is 0 Å². The number of H-pyrrole nitrogens is 2. The lowest BCUT2D eigenvalue weighted by Crippen LogP contribution is -2.29. The number of aromatic nitrogens is 3. The van der Waals surface area contributed by atoms with Crippen LogP contribution in [0.2, 0.25) is 0 Å². The number of rotatable bonds is 16. The summed E-state index contributed by atoms with van der Waals surface area (Å²) in [5, 5.41) is 18.1.